The second-order valence-corrected chi connectivity index (χ2v) is 4.62. The summed E-state index contributed by atoms with van der Waals surface area (Å²) in [7, 11) is 1.77. The van der Waals surface area contributed by atoms with Gasteiger partial charge in [-0.25, -0.2) is 9.37 Å². The molecule has 1 unspecified atom stereocenters. The first kappa shape index (κ1) is 11.5. The fraction of sp³-hybridized carbons (Fsp3) is 0.182. The monoisotopic (exact) mass is 256 g/mol. The molecule has 1 atom stereocenters. The number of aromatic nitrogens is 1. The summed E-state index contributed by atoms with van der Waals surface area (Å²) in [6.07, 6.45) is 1.70. The molecule has 0 amide bonds. The van der Waals surface area contributed by atoms with Crippen molar-refractivity contribution >= 4 is 22.9 Å². The number of nitrogens with zero attached hydrogens (tertiary/aromatic N) is 1. The van der Waals surface area contributed by atoms with E-state index in [1.807, 2.05) is 5.38 Å². The van der Waals surface area contributed by atoms with Gasteiger partial charge < -0.3 is 5.32 Å². The Morgan fingerprint density at radius 1 is 1.50 bits per heavy atom. The van der Waals surface area contributed by atoms with E-state index in [4.69, 9.17) is 11.6 Å². The highest BCUT2D eigenvalue weighted by molar-refractivity contribution is 7.09. The van der Waals surface area contributed by atoms with Crippen LogP contribution in [0.25, 0.3) is 0 Å². The predicted molar refractivity (Wildman–Crippen MR) is 64.4 cm³/mol. The molecular formula is C11H10ClFN2S. The number of thiazole rings is 1. The molecule has 1 aromatic heterocycles. The smallest absolute Gasteiger partial charge is 0.128 e. The summed E-state index contributed by atoms with van der Waals surface area (Å²) in [6, 6.07) is 4.28. The quantitative estimate of drug-likeness (QED) is 0.912. The van der Waals surface area contributed by atoms with E-state index in [-0.39, 0.29) is 11.9 Å². The van der Waals surface area contributed by atoms with Gasteiger partial charge >= 0.3 is 0 Å². The van der Waals surface area contributed by atoms with Crippen LogP contribution in [-0.4, -0.2) is 12.0 Å². The minimum Gasteiger partial charge on any atom is -0.307 e. The normalized spacial score (nSPS) is 12.7. The van der Waals surface area contributed by atoms with Gasteiger partial charge in [-0.3, -0.25) is 0 Å². The third-order valence-corrected chi connectivity index (χ3v) is 3.33. The average Bonchev–Trinajstić information content (AvgIpc) is 2.78. The van der Waals surface area contributed by atoms with E-state index in [9.17, 15) is 4.39 Å². The van der Waals surface area contributed by atoms with Crippen molar-refractivity contribution in [3.63, 3.8) is 0 Å². The molecular weight excluding hydrogens is 247 g/mol. The molecule has 0 bridgehead atoms. The van der Waals surface area contributed by atoms with Gasteiger partial charge in [0.2, 0.25) is 0 Å². The molecule has 1 heterocycles. The summed E-state index contributed by atoms with van der Waals surface area (Å²) >= 11 is 7.35. The minimum atomic E-state index is -0.279. The van der Waals surface area contributed by atoms with Gasteiger partial charge in [0.1, 0.15) is 10.8 Å². The van der Waals surface area contributed by atoms with Gasteiger partial charge in [0.15, 0.2) is 0 Å². The van der Waals surface area contributed by atoms with E-state index < -0.39 is 0 Å². The van der Waals surface area contributed by atoms with E-state index in [0.29, 0.717) is 10.6 Å². The lowest BCUT2D eigenvalue weighted by molar-refractivity contribution is 0.575. The van der Waals surface area contributed by atoms with Crippen LogP contribution in [0, 0.1) is 5.82 Å². The summed E-state index contributed by atoms with van der Waals surface area (Å²) in [5.74, 6) is -0.279. The molecule has 16 heavy (non-hydrogen) atoms. The van der Waals surface area contributed by atoms with Crippen molar-refractivity contribution in [2.75, 3.05) is 7.05 Å². The first-order chi connectivity index (χ1) is 7.72. The minimum absolute atomic E-state index is 0.251. The Morgan fingerprint density at radius 2 is 2.31 bits per heavy atom. The van der Waals surface area contributed by atoms with E-state index in [1.54, 1.807) is 19.3 Å². The number of benzene rings is 1. The van der Waals surface area contributed by atoms with E-state index >= 15 is 0 Å². The maximum absolute atomic E-state index is 13.7. The third-order valence-electron chi connectivity index (χ3n) is 2.26. The molecule has 2 rings (SSSR count). The number of rotatable bonds is 3. The fourth-order valence-electron chi connectivity index (χ4n) is 1.52. The Kier molecular flexibility index (Phi) is 3.53. The van der Waals surface area contributed by atoms with Crippen molar-refractivity contribution in [2.24, 2.45) is 0 Å². The van der Waals surface area contributed by atoms with Gasteiger partial charge in [0, 0.05) is 22.2 Å². The van der Waals surface area contributed by atoms with Crippen LogP contribution in [0.5, 0.6) is 0 Å². The van der Waals surface area contributed by atoms with Gasteiger partial charge in [-0.1, -0.05) is 11.6 Å². The standard InChI is InChI=1S/C11H10ClFN2S/c1-14-10(11-15-4-5-16-11)8-6-7(12)2-3-9(8)13/h2-6,10,14H,1H3. The first-order valence-electron chi connectivity index (χ1n) is 4.74. The van der Waals surface area contributed by atoms with Crippen LogP contribution in [0.1, 0.15) is 16.6 Å². The Bertz CT molecular complexity index is 473. The van der Waals surface area contributed by atoms with Crippen molar-refractivity contribution in [1.82, 2.24) is 10.3 Å². The molecule has 0 aliphatic rings. The highest BCUT2D eigenvalue weighted by atomic mass is 35.5. The number of hydrogen-bond donors (Lipinski definition) is 1. The van der Waals surface area contributed by atoms with Crippen molar-refractivity contribution in [3.8, 4) is 0 Å². The number of nitrogens with one attached hydrogen (secondary N) is 1. The van der Waals surface area contributed by atoms with E-state index in [1.165, 1.54) is 23.5 Å². The molecule has 0 saturated carbocycles. The lowest BCUT2D eigenvalue weighted by Crippen LogP contribution is -2.18. The molecule has 0 saturated heterocycles. The highest BCUT2D eigenvalue weighted by Crippen LogP contribution is 2.27. The summed E-state index contributed by atoms with van der Waals surface area (Å²) in [4.78, 5) is 4.18. The molecule has 1 aromatic carbocycles. The number of halogens is 2. The lowest BCUT2D eigenvalue weighted by atomic mass is 10.1. The van der Waals surface area contributed by atoms with Crippen LogP contribution in [0.15, 0.2) is 29.8 Å². The Balaban J connectivity index is 2.44. The summed E-state index contributed by atoms with van der Waals surface area (Å²) in [5, 5.41) is 6.25. The first-order valence-corrected chi connectivity index (χ1v) is 5.99. The SMILES string of the molecule is CNC(c1nccs1)c1cc(Cl)ccc1F. The molecule has 5 heteroatoms. The predicted octanol–water partition coefficient (Wildman–Crippen LogP) is 3.24. The van der Waals surface area contributed by atoms with Crippen LogP contribution in [-0.2, 0) is 0 Å². The second kappa shape index (κ2) is 4.91. The van der Waals surface area contributed by atoms with E-state index in [0.717, 1.165) is 5.01 Å². The van der Waals surface area contributed by atoms with Crippen LogP contribution in [0.2, 0.25) is 5.02 Å². The average molecular weight is 257 g/mol. The van der Waals surface area contributed by atoms with Crippen LogP contribution < -0.4 is 5.32 Å². The van der Waals surface area contributed by atoms with Crippen molar-refractivity contribution < 1.29 is 4.39 Å². The molecule has 0 spiro atoms. The van der Waals surface area contributed by atoms with Gasteiger partial charge in [0.25, 0.3) is 0 Å². The van der Waals surface area contributed by atoms with Gasteiger partial charge in [0.05, 0.1) is 6.04 Å². The van der Waals surface area contributed by atoms with Crippen molar-refractivity contribution in [3.05, 3.63) is 51.2 Å². The largest absolute Gasteiger partial charge is 0.307 e. The fourth-order valence-corrected chi connectivity index (χ4v) is 2.47. The highest BCUT2D eigenvalue weighted by Gasteiger charge is 2.18. The van der Waals surface area contributed by atoms with Crippen LogP contribution in [0.4, 0.5) is 4.39 Å². The van der Waals surface area contributed by atoms with Crippen LogP contribution >= 0.6 is 22.9 Å². The van der Waals surface area contributed by atoms with Gasteiger partial charge in [-0.15, -0.1) is 11.3 Å². The third kappa shape index (κ3) is 2.24. The van der Waals surface area contributed by atoms with Gasteiger partial charge in [-0.05, 0) is 25.2 Å². The molecule has 1 N–H and O–H groups in total. The van der Waals surface area contributed by atoms with E-state index in [2.05, 4.69) is 10.3 Å². The Morgan fingerprint density at radius 3 is 2.94 bits per heavy atom. The second-order valence-electron chi connectivity index (χ2n) is 3.26. The topological polar surface area (TPSA) is 24.9 Å². The molecule has 2 nitrogen and oxygen atoms in total. The zero-order valence-electron chi connectivity index (χ0n) is 8.58. The van der Waals surface area contributed by atoms with Crippen molar-refractivity contribution in [2.45, 2.75) is 6.04 Å². The molecule has 0 aliphatic heterocycles. The summed E-state index contributed by atoms with van der Waals surface area (Å²) < 4.78 is 13.7. The molecule has 0 fully saturated rings. The molecule has 84 valence electrons. The summed E-state index contributed by atoms with van der Waals surface area (Å²) in [5.41, 5.74) is 0.518. The zero-order valence-corrected chi connectivity index (χ0v) is 10.1. The summed E-state index contributed by atoms with van der Waals surface area (Å²) in [6.45, 7) is 0. The van der Waals surface area contributed by atoms with Gasteiger partial charge in [-0.2, -0.15) is 0 Å². The Hall–Kier alpha value is -0.970. The number of hydrogen-bond acceptors (Lipinski definition) is 3. The van der Waals surface area contributed by atoms with Crippen LogP contribution in [0.3, 0.4) is 0 Å². The molecule has 0 aliphatic carbocycles. The zero-order chi connectivity index (χ0) is 11.5. The molecule has 2 aromatic rings. The maximum Gasteiger partial charge on any atom is 0.128 e. The maximum atomic E-state index is 13.7. The Labute approximate surface area is 102 Å². The molecule has 0 radical (unpaired) electrons. The lowest BCUT2D eigenvalue weighted by Gasteiger charge is -2.14. The van der Waals surface area contributed by atoms with Crippen molar-refractivity contribution in [1.29, 1.82) is 0 Å².